The van der Waals surface area contributed by atoms with E-state index in [1.807, 2.05) is 34.6 Å². The lowest BCUT2D eigenvalue weighted by Crippen LogP contribution is -2.18. The molecule has 108 valence electrons. The zero-order chi connectivity index (χ0) is 15.2. The Labute approximate surface area is 117 Å². The van der Waals surface area contributed by atoms with E-state index in [0.717, 1.165) is 0 Å². The first-order chi connectivity index (χ1) is 8.43. The van der Waals surface area contributed by atoms with Crippen molar-refractivity contribution in [2.45, 2.75) is 69.2 Å². The van der Waals surface area contributed by atoms with Crippen molar-refractivity contribution in [1.82, 2.24) is 0 Å². The highest BCUT2D eigenvalue weighted by Crippen LogP contribution is 2.32. The van der Waals surface area contributed by atoms with Gasteiger partial charge in [0.05, 0.1) is 0 Å². The van der Waals surface area contributed by atoms with Crippen LogP contribution in [-0.4, -0.2) is 0 Å². The molecule has 0 aromatic heterocycles. The Morgan fingerprint density at radius 2 is 1.33 bits per heavy atom. The summed E-state index contributed by atoms with van der Waals surface area (Å²) in [6.45, 7) is 21.2. The van der Waals surface area contributed by atoms with Crippen molar-refractivity contribution in [3.05, 3.63) is 36.0 Å². The second-order valence-corrected chi connectivity index (χ2v) is 4.78. The monoisotopic (exact) mass is 252 g/mol. The zero-order valence-corrected chi connectivity index (χ0v) is 14.5. The molecule has 0 N–H and O–H groups in total. The van der Waals surface area contributed by atoms with Gasteiger partial charge in [-0.15, -0.1) is 0 Å². The summed E-state index contributed by atoms with van der Waals surface area (Å²) in [4.78, 5) is 0. The predicted molar refractivity (Wildman–Crippen MR) is 89.0 cm³/mol. The second kappa shape index (κ2) is 14.3. The Balaban J connectivity index is -0.000000506. The largest absolute Gasteiger partial charge is 0.0877 e. The molecule has 1 unspecified atom stereocenters. The van der Waals surface area contributed by atoms with Gasteiger partial charge in [-0.25, -0.2) is 0 Å². The summed E-state index contributed by atoms with van der Waals surface area (Å²) in [5.74, 6) is 0.579. The van der Waals surface area contributed by atoms with E-state index in [1.54, 1.807) is 0 Å². The van der Waals surface area contributed by atoms with Gasteiger partial charge in [0.2, 0.25) is 0 Å². The average Bonchev–Trinajstić information content (AvgIpc) is 2.37. The summed E-state index contributed by atoms with van der Waals surface area (Å²) in [6, 6.07) is 0. The predicted octanol–water partition coefficient (Wildman–Crippen LogP) is 6.80. The lowest BCUT2D eigenvalue weighted by molar-refractivity contribution is 0.305. The van der Waals surface area contributed by atoms with E-state index in [4.69, 9.17) is 0 Å². The van der Waals surface area contributed by atoms with Crippen molar-refractivity contribution >= 4 is 0 Å². The maximum Gasteiger partial charge on any atom is -0.0142 e. The molecule has 0 bridgehead atoms. The van der Waals surface area contributed by atoms with Crippen LogP contribution in [-0.2, 0) is 0 Å². The standard InChI is InChI=1S/C14H24.2C2H6/c1-7-9-11-13(10-8-2)12(3)14(4,5)6;2*1-2/h7-12H,1-6H3;2*1-2H3/b9-7-,10-8-,13-11+;;. The van der Waals surface area contributed by atoms with Crippen LogP contribution in [0.25, 0.3) is 0 Å². The molecule has 0 heterocycles. The highest BCUT2D eigenvalue weighted by Gasteiger charge is 2.21. The van der Waals surface area contributed by atoms with Crippen molar-refractivity contribution in [2.75, 3.05) is 0 Å². The van der Waals surface area contributed by atoms with Gasteiger partial charge in [0.25, 0.3) is 0 Å². The zero-order valence-electron chi connectivity index (χ0n) is 14.5. The molecule has 0 aromatic carbocycles. The second-order valence-electron chi connectivity index (χ2n) is 4.78. The number of rotatable bonds is 3. The quantitative estimate of drug-likeness (QED) is 0.484. The fourth-order valence-electron chi connectivity index (χ4n) is 1.24. The van der Waals surface area contributed by atoms with Gasteiger partial charge in [0.15, 0.2) is 0 Å². The van der Waals surface area contributed by atoms with E-state index < -0.39 is 0 Å². The van der Waals surface area contributed by atoms with Crippen LogP contribution >= 0.6 is 0 Å². The molecule has 0 aromatic rings. The highest BCUT2D eigenvalue weighted by atomic mass is 14.3. The molecule has 0 fully saturated rings. The minimum absolute atomic E-state index is 0.326. The lowest BCUT2D eigenvalue weighted by atomic mass is 9.77. The first-order valence-electron chi connectivity index (χ1n) is 7.39. The Kier molecular flexibility index (Phi) is 17.8. The van der Waals surface area contributed by atoms with Gasteiger partial charge < -0.3 is 0 Å². The minimum Gasteiger partial charge on any atom is -0.0877 e. The van der Waals surface area contributed by atoms with Gasteiger partial charge >= 0.3 is 0 Å². The fourth-order valence-corrected chi connectivity index (χ4v) is 1.24. The van der Waals surface area contributed by atoms with Crippen LogP contribution in [0.15, 0.2) is 36.0 Å². The first kappa shape index (κ1) is 22.4. The summed E-state index contributed by atoms with van der Waals surface area (Å²) in [5, 5.41) is 0. The topological polar surface area (TPSA) is 0 Å². The molecule has 0 heteroatoms. The summed E-state index contributed by atoms with van der Waals surface area (Å²) < 4.78 is 0. The van der Waals surface area contributed by atoms with E-state index in [-0.39, 0.29) is 0 Å². The molecule has 0 nitrogen and oxygen atoms in total. The van der Waals surface area contributed by atoms with Gasteiger partial charge in [0, 0.05) is 0 Å². The SMILES string of the molecule is CC.CC.C\C=C/C=C(\C=C/C)C(C)C(C)(C)C. The molecule has 1 atom stereocenters. The van der Waals surface area contributed by atoms with Gasteiger partial charge in [-0.2, -0.15) is 0 Å². The van der Waals surface area contributed by atoms with Crippen molar-refractivity contribution in [3.8, 4) is 0 Å². The van der Waals surface area contributed by atoms with E-state index in [0.29, 0.717) is 11.3 Å². The fraction of sp³-hybridized carbons (Fsp3) is 0.667. The first-order valence-corrected chi connectivity index (χ1v) is 7.39. The third kappa shape index (κ3) is 11.7. The average molecular weight is 252 g/mol. The number of allylic oxidation sites excluding steroid dienone is 6. The van der Waals surface area contributed by atoms with Crippen LogP contribution < -0.4 is 0 Å². The van der Waals surface area contributed by atoms with Crippen LogP contribution in [0.2, 0.25) is 0 Å². The molecule has 0 aliphatic rings. The summed E-state index contributed by atoms with van der Waals surface area (Å²) >= 11 is 0. The van der Waals surface area contributed by atoms with Gasteiger partial charge in [-0.3, -0.25) is 0 Å². The Morgan fingerprint density at radius 1 is 0.889 bits per heavy atom. The Morgan fingerprint density at radius 3 is 1.61 bits per heavy atom. The third-order valence-electron chi connectivity index (χ3n) is 2.64. The maximum absolute atomic E-state index is 2.29. The van der Waals surface area contributed by atoms with Crippen LogP contribution in [0.3, 0.4) is 0 Å². The molecule has 0 rings (SSSR count). The summed E-state index contributed by atoms with van der Waals surface area (Å²) in [7, 11) is 0. The smallest absolute Gasteiger partial charge is 0.0142 e. The van der Waals surface area contributed by atoms with Crippen molar-refractivity contribution < 1.29 is 0 Å². The van der Waals surface area contributed by atoms with E-state index in [9.17, 15) is 0 Å². The van der Waals surface area contributed by atoms with Gasteiger partial charge in [0.1, 0.15) is 0 Å². The summed E-state index contributed by atoms with van der Waals surface area (Å²) in [5.41, 5.74) is 1.73. The number of hydrogen-bond acceptors (Lipinski definition) is 0. The lowest BCUT2D eigenvalue weighted by Gasteiger charge is -2.28. The molecule has 0 saturated heterocycles. The third-order valence-corrected chi connectivity index (χ3v) is 2.64. The molecule has 0 amide bonds. The molecule has 0 aliphatic carbocycles. The maximum atomic E-state index is 2.29. The molecule has 0 aliphatic heterocycles. The van der Waals surface area contributed by atoms with Crippen molar-refractivity contribution in [3.63, 3.8) is 0 Å². The van der Waals surface area contributed by atoms with Crippen molar-refractivity contribution in [2.24, 2.45) is 11.3 Å². The van der Waals surface area contributed by atoms with Gasteiger partial charge in [-0.1, -0.05) is 85.8 Å². The van der Waals surface area contributed by atoms with E-state index >= 15 is 0 Å². The minimum atomic E-state index is 0.326. The van der Waals surface area contributed by atoms with E-state index in [1.165, 1.54) is 5.57 Å². The van der Waals surface area contributed by atoms with E-state index in [2.05, 4.69) is 65.0 Å². The molecule has 0 radical (unpaired) electrons. The Bertz CT molecular complexity index is 233. The van der Waals surface area contributed by atoms with Gasteiger partial charge in [-0.05, 0) is 30.8 Å². The molecule has 18 heavy (non-hydrogen) atoms. The summed E-state index contributed by atoms with van der Waals surface area (Å²) in [6.07, 6.45) is 10.7. The number of hydrogen-bond donors (Lipinski definition) is 0. The Hall–Kier alpha value is -0.780. The molecular weight excluding hydrogens is 216 g/mol. The van der Waals surface area contributed by atoms with Crippen LogP contribution in [0.5, 0.6) is 0 Å². The highest BCUT2D eigenvalue weighted by molar-refractivity contribution is 5.26. The molecular formula is C18H36. The van der Waals surface area contributed by atoms with Crippen LogP contribution in [0.4, 0.5) is 0 Å². The molecule has 0 spiro atoms. The van der Waals surface area contributed by atoms with Crippen LogP contribution in [0, 0.1) is 11.3 Å². The normalized spacial score (nSPS) is 13.8. The van der Waals surface area contributed by atoms with Crippen LogP contribution in [0.1, 0.15) is 69.2 Å². The molecule has 0 saturated carbocycles. The van der Waals surface area contributed by atoms with Crippen molar-refractivity contribution in [1.29, 1.82) is 0 Å².